The maximum absolute atomic E-state index is 12.9. The van der Waals surface area contributed by atoms with Gasteiger partial charge in [0.2, 0.25) is 16.0 Å². The molecule has 55 heavy (non-hydrogen) atoms. The van der Waals surface area contributed by atoms with Crippen molar-refractivity contribution in [1.29, 1.82) is 0 Å². The number of aliphatic hydroxyl groups excluding tert-OH is 4. The SMILES string of the molecule is NS(=O)(=O)c1cccc(NC(=O)NC2CCN(c3nc(N[C@H](CO)Cc4ccccc4)c4ncn([C@@H]5C[C@H](N6C(=O)NC(CO)C6=O)[C@@H](O)[C@H]5O)c4n3)C2)c1. The molecule has 1 aliphatic carbocycles. The smallest absolute Gasteiger partial charge is 0.325 e. The van der Waals surface area contributed by atoms with Crippen LogP contribution in [-0.4, -0.2) is 134 Å². The van der Waals surface area contributed by atoms with Crippen LogP contribution in [0.1, 0.15) is 24.4 Å². The first-order chi connectivity index (χ1) is 26.3. The van der Waals surface area contributed by atoms with Gasteiger partial charge in [0.15, 0.2) is 17.0 Å². The van der Waals surface area contributed by atoms with Crippen LogP contribution < -0.4 is 31.3 Å². The van der Waals surface area contributed by atoms with Crippen molar-refractivity contribution in [2.75, 3.05) is 41.8 Å². The van der Waals surface area contributed by atoms with Crippen molar-refractivity contribution in [3.63, 3.8) is 0 Å². The summed E-state index contributed by atoms with van der Waals surface area (Å²) in [6.45, 7) is -0.174. The van der Waals surface area contributed by atoms with Gasteiger partial charge in [-0.15, -0.1) is 0 Å². The normalized spacial score (nSPS) is 24.7. The third kappa shape index (κ3) is 7.74. The number of carbonyl (C=O) groups is 3. The first kappa shape index (κ1) is 37.8. The number of carbonyl (C=O) groups excluding carboxylic acids is 3. The van der Waals surface area contributed by atoms with E-state index in [-0.39, 0.29) is 53.6 Å². The largest absolute Gasteiger partial charge is 0.394 e. The highest BCUT2D eigenvalue weighted by Crippen LogP contribution is 2.38. The van der Waals surface area contributed by atoms with Crippen molar-refractivity contribution in [1.82, 2.24) is 35.1 Å². The topological polar surface area (TPSA) is 290 Å². The molecule has 3 fully saturated rings. The molecule has 21 heteroatoms. The van der Waals surface area contributed by atoms with E-state index in [0.717, 1.165) is 10.5 Å². The van der Waals surface area contributed by atoms with Gasteiger partial charge < -0.3 is 51.2 Å². The van der Waals surface area contributed by atoms with Crippen LogP contribution in [0.15, 0.2) is 65.8 Å². The second kappa shape index (κ2) is 15.4. The number of urea groups is 2. The van der Waals surface area contributed by atoms with Crippen LogP contribution in [-0.2, 0) is 21.2 Å². The standard InChI is InChI=1S/C34H41N11O9S/c35-55(53,54)22-8-4-7-19(12-22)38-33(51)39-20-9-10-43(14-20)32-41-29(37-21(15-46)11-18-5-2-1-3-6-18)26-30(42-32)44(17-36-26)24-13-25(28(49)27(24)48)45-31(50)23(16-47)40-34(45)52/h1-8,12,17,20-21,23-25,27-28,46-49H,9-11,13-16H2,(H,40,52)(H2,35,53,54)(H,37,41,42)(H2,38,39,51)/t20?,21-,23?,24+,25-,27-,28+/m0/s1. The van der Waals surface area contributed by atoms with Gasteiger partial charge in [-0.1, -0.05) is 36.4 Å². The maximum Gasteiger partial charge on any atom is 0.325 e. The van der Waals surface area contributed by atoms with E-state index in [9.17, 15) is 43.2 Å². The number of imide groups is 1. The highest BCUT2D eigenvalue weighted by atomic mass is 32.2. The van der Waals surface area contributed by atoms with Crippen LogP contribution in [0.5, 0.6) is 0 Å². The zero-order valence-electron chi connectivity index (χ0n) is 29.3. The summed E-state index contributed by atoms with van der Waals surface area (Å²) in [5.74, 6) is -0.197. The number of imidazole rings is 1. The van der Waals surface area contributed by atoms with Gasteiger partial charge in [-0.05, 0) is 43.0 Å². The monoisotopic (exact) mass is 779 g/mol. The fourth-order valence-electron chi connectivity index (χ4n) is 7.31. The number of amides is 5. The third-order valence-electron chi connectivity index (χ3n) is 10.1. The Morgan fingerprint density at radius 2 is 1.80 bits per heavy atom. The first-order valence-corrected chi connectivity index (χ1v) is 19.1. The number of primary sulfonamides is 1. The van der Waals surface area contributed by atoms with E-state index >= 15 is 0 Å². The molecule has 2 aromatic heterocycles. The number of anilines is 3. The second-order valence-electron chi connectivity index (χ2n) is 13.8. The van der Waals surface area contributed by atoms with Gasteiger partial charge in [-0.25, -0.2) is 28.1 Å². The molecule has 7 atom stereocenters. The zero-order valence-corrected chi connectivity index (χ0v) is 30.1. The molecule has 2 aliphatic heterocycles. The molecule has 0 radical (unpaired) electrons. The van der Waals surface area contributed by atoms with Crippen molar-refractivity contribution in [3.8, 4) is 0 Å². The molecule has 20 nitrogen and oxygen atoms in total. The minimum atomic E-state index is -3.97. The predicted octanol–water partition coefficient (Wildman–Crippen LogP) is -1.16. The van der Waals surface area contributed by atoms with Crippen molar-refractivity contribution < 1.29 is 43.2 Å². The number of sulfonamides is 1. The Balaban J connectivity index is 1.16. The minimum Gasteiger partial charge on any atom is -0.394 e. The first-order valence-electron chi connectivity index (χ1n) is 17.6. The molecular weight excluding hydrogens is 739 g/mol. The van der Waals surface area contributed by atoms with E-state index in [0.29, 0.717) is 24.9 Å². The number of aromatic nitrogens is 4. The van der Waals surface area contributed by atoms with Gasteiger partial charge in [0.1, 0.15) is 18.2 Å². The van der Waals surface area contributed by atoms with Crippen molar-refractivity contribution in [2.45, 2.75) is 66.6 Å². The summed E-state index contributed by atoms with van der Waals surface area (Å²) in [6, 6.07) is 9.71. The summed E-state index contributed by atoms with van der Waals surface area (Å²) in [7, 11) is -3.97. The van der Waals surface area contributed by atoms with Gasteiger partial charge in [0.05, 0.1) is 42.6 Å². The molecule has 7 rings (SSSR count). The third-order valence-corrected chi connectivity index (χ3v) is 11.0. The summed E-state index contributed by atoms with van der Waals surface area (Å²) in [6.07, 6.45) is -0.646. The van der Waals surface area contributed by atoms with E-state index in [2.05, 4.69) is 26.3 Å². The molecule has 3 aliphatic rings. The van der Waals surface area contributed by atoms with Gasteiger partial charge in [-0.3, -0.25) is 9.69 Å². The lowest BCUT2D eigenvalue weighted by molar-refractivity contribution is -0.131. The predicted molar refractivity (Wildman–Crippen MR) is 196 cm³/mol. The lowest BCUT2D eigenvalue weighted by Gasteiger charge is -2.24. The Labute approximate surface area is 314 Å². The average Bonchev–Trinajstić information content (AvgIpc) is 3.93. The minimum absolute atomic E-state index is 0.0502. The fourth-order valence-corrected chi connectivity index (χ4v) is 7.87. The average molecular weight is 780 g/mol. The van der Waals surface area contributed by atoms with E-state index < -0.39 is 71.0 Å². The second-order valence-corrected chi connectivity index (χ2v) is 15.3. The molecule has 10 N–H and O–H groups in total. The number of fused-ring (bicyclic) bond motifs is 1. The molecule has 2 saturated heterocycles. The molecule has 4 heterocycles. The Bertz CT molecular complexity index is 2190. The van der Waals surface area contributed by atoms with Crippen LogP contribution in [0.4, 0.5) is 27.0 Å². The van der Waals surface area contributed by atoms with Gasteiger partial charge in [-0.2, -0.15) is 9.97 Å². The van der Waals surface area contributed by atoms with Crippen molar-refractivity contribution in [2.24, 2.45) is 5.14 Å². The molecule has 0 bridgehead atoms. The van der Waals surface area contributed by atoms with Gasteiger partial charge in [0, 0.05) is 24.8 Å². The molecule has 1 saturated carbocycles. The van der Waals surface area contributed by atoms with Crippen molar-refractivity contribution in [3.05, 3.63) is 66.5 Å². The summed E-state index contributed by atoms with van der Waals surface area (Å²) >= 11 is 0. The number of hydrogen-bond acceptors (Lipinski definition) is 14. The summed E-state index contributed by atoms with van der Waals surface area (Å²) in [5.41, 5.74) is 1.75. The van der Waals surface area contributed by atoms with E-state index in [4.69, 9.17) is 15.1 Å². The van der Waals surface area contributed by atoms with Crippen LogP contribution in [0.25, 0.3) is 11.2 Å². The molecule has 5 amide bonds. The number of benzene rings is 2. The Morgan fingerprint density at radius 3 is 2.51 bits per heavy atom. The van der Waals surface area contributed by atoms with Crippen LogP contribution in [0.2, 0.25) is 0 Å². The molecule has 292 valence electrons. The van der Waals surface area contributed by atoms with Gasteiger partial charge in [0.25, 0.3) is 5.91 Å². The lowest BCUT2D eigenvalue weighted by Crippen LogP contribution is -2.47. The molecule has 2 unspecified atom stereocenters. The van der Waals surface area contributed by atoms with E-state index in [1.807, 2.05) is 35.2 Å². The zero-order chi connectivity index (χ0) is 39.0. The Hall–Kier alpha value is -5.45. The highest BCUT2D eigenvalue weighted by molar-refractivity contribution is 7.89. The van der Waals surface area contributed by atoms with Crippen LogP contribution in [0.3, 0.4) is 0 Å². The number of hydrogen-bond donors (Lipinski definition) is 9. The van der Waals surface area contributed by atoms with E-state index in [1.165, 1.54) is 30.6 Å². The van der Waals surface area contributed by atoms with Crippen LogP contribution >= 0.6 is 0 Å². The molecule has 2 aromatic carbocycles. The number of nitrogens with one attached hydrogen (secondary N) is 4. The number of nitrogens with zero attached hydrogens (tertiary/aromatic N) is 6. The van der Waals surface area contributed by atoms with Crippen molar-refractivity contribution >= 4 is 56.6 Å². The van der Waals surface area contributed by atoms with Gasteiger partial charge >= 0.3 is 12.1 Å². The Morgan fingerprint density at radius 1 is 1.04 bits per heavy atom. The number of rotatable bonds is 12. The lowest BCUT2D eigenvalue weighted by atomic mass is 10.1. The summed E-state index contributed by atoms with van der Waals surface area (Å²) < 4.78 is 25.1. The molecule has 0 spiro atoms. The summed E-state index contributed by atoms with van der Waals surface area (Å²) in [5, 5.41) is 58.7. The van der Waals surface area contributed by atoms with Crippen LogP contribution in [0, 0.1) is 0 Å². The number of aliphatic hydroxyl groups is 4. The van der Waals surface area contributed by atoms with E-state index in [1.54, 1.807) is 4.57 Å². The Kier molecular flexibility index (Phi) is 10.6. The summed E-state index contributed by atoms with van der Waals surface area (Å²) in [4.78, 5) is 55.2. The molecule has 4 aromatic rings. The quantitative estimate of drug-likeness (QED) is 0.0767. The molecular formula is C34H41N11O9S. The highest BCUT2D eigenvalue weighted by Gasteiger charge is 2.52. The number of nitrogens with two attached hydrogens (primary N) is 1. The fraction of sp³-hybridized carbons (Fsp3) is 0.412. The maximum atomic E-state index is 12.9.